The number of benzene rings is 5. The molecule has 24 nitrogen and oxygen atoms in total. The number of halogens is 4. The van der Waals surface area contributed by atoms with E-state index in [0.717, 1.165) is 56.2 Å². The van der Waals surface area contributed by atoms with Crippen LogP contribution >= 0.6 is 102 Å². The van der Waals surface area contributed by atoms with E-state index in [9.17, 15) is 51.4 Å². The molecule has 0 spiro atoms. The summed E-state index contributed by atoms with van der Waals surface area (Å²) in [5, 5.41) is 10.6. The van der Waals surface area contributed by atoms with Crippen LogP contribution in [-0.2, 0) is 67.6 Å². The third-order valence-corrected chi connectivity index (χ3v) is 24.7. The fraction of sp³-hybridized carbons (Fsp3) is 0.342. The number of fused-ring (bicyclic) bond motifs is 3. The van der Waals surface area contributed by atoms with Gasteiger partial charge in [0.2, 0.25) is 5.91 Å². The van der Waals surface area contributed by atoms with Gasteiger partial charge in [0.1, 0.15) is 58.0 Å². The van der Waals surface area contributed by atoms with Gasteiger partial charge in [0.15, 0.2) is 6.66 Å². The van der Waals surface area contributed by atoms with Gasteiger partial charge >= 0.3 is 15.8 Å². The number of nitrogens with one attached hydrogen (secondary N) is 2. The van der Waals surface area contributed by atoms with E-state index in [0.29, 0.717) is 115 Å². The number of para-hydroxylation sites is 5. The normalized spacial score (nSPS) is 13.8. The summed E-state index contributed by atoms with van der Waals surface area (Å²) in [4.78, 5) is 76.4. The first-order chi connectivity index (χ1) is 51.2. The monoisotopic (exact) mass is 1790 g/mol. The summed E-state index contributed by atoms with van der Waals surface area (Å²) in [7, 11) is -6.38. The first kappa shape index (κ1) is 93.4. The Morgan fingerprint density at radius 3 is 1.17 bits per heavy atom. The zero-order valence-electron chi connectivity index (χ0n) is 64.4. The van der Waals surface area contributed by atoms with Gasteiger partial charge < -0.3 is 66.5 Å². The van der Waals surface area contributed by atoms with Gasteiger partial charge in [-0.25, -0.2) is 9.97 Å². The van der Waals surface area contributed by atoms with Crippen LogP contribution in [0.25, 0.3) is 0 Å². The highest BCUT2D eigenvalue weighted by Crippen LogP contribution is 2.43. The van der Waals surface area contributed by atoms with Crippen molar-refractivity contribution in [3.8, 4) is 0 Å². The van der Waals surface area contributed by atoms with E-state index in [1.165, 1.54) is 6.07 Å². The number of anilines is 7. The highest BCUT2D eigenvalue weighted by Gasteiger charge is 2.35. The maximum atomic E-state index is 12.7. The number of rotatable bonds is 14. The molecular formula is C76H102Cl3IN12O12P6+2. The maximum absolute atomic E-state index is 12.7. The highest BCUT2D eigenvalue weighted by atomic mass is 127. The van der Waals surface area contributed by atoms with Crippen molar-refractivity contribution in [2.24, 2.45) is 17.6 Å². The number of amides is 4. The number of hydrogen-bond donors (Lipinski definition) is 6. The van der Waals surface area contributed by atoms with Gasteiger partial charge in [-0.15, -0.1) is 4.52 Å². The second-order valence-corrected chi connectivity index (χ2v) is 45.5. The van der Waals surface area contributed by atoms with Crippen LogP contribution in [0.15, 0.2) is 140 Å². The summed E-state index contributed by atoms with van der Waals surface area (Å²) >= 11 is 19.8. The van der Waals surface area contributed by atoms with Crippen LogP contribution in [0.4, 0.5) is 39.8 Å². The zero-order valence-corrected chi connectivity index (χ0v) is 74.2. The standard InChI is InChI=1S/C21H24N3O3P.C16H17ClN3O2P.C8H6Cl2N2O.2C8H12NOP.C6H6IN.C4H7NO.C3H8O2P.C2H6OP.2H2/c1-24-12-17-20(21(24)26)16(10-14(22-17)11-18(25)13-8-9-13)23-15-6-4-5-7-19(15)28(2,3)27;1-20-9-12-15(16(20)21)11(8-14(17)19-12)18-10-6-4-5-7-13(10)23(2,3)22;1-12-3-5-7(8(12)13)4(9)2-6(10)11-5;2*1-11(2,10)8-6-4-3-5-7(8)9;7-5-3-1-2-4-6(5)8;5-4(6)3-1-2-3;1-3-5-6(2)4;1-4(2)3;;/h4-7,10,13H,8-9,11-12H2,1-3H3,(H,22,23);4-8H,9H2,1-3H3,(H,18,19);2H,3H2,1H3;2*3-6H,9H2,1-2H3;1-4H,8H2;3H,1-2H2,(H2,5,6);3H2,1-2H3;1-2H3;2*1H/q;;;;;;;2*+1;;. The number of nitrogens with zero attached hydrogens (tertiary/aromatic N) is 6. The van der Waals surface area contributed by atoms with Crippen molar-refractivity contribution in [3.05, 3.63) is 198 Å². The molecule has 5 aliphatic rings. The fourth-order valence-electron chi connectivity index (χ4n) is 10.6. The highest BCUT2D eigenvalue weighted by molar-refractivity contribution is 14.1. The molecule has 0 radical (unpaired) electrons. The van der Waals surface area contributed by atoms with E-state index in [1.54, 1.807) is 133 Å². The number of pyridine rings is 3. The minimum Gasteiger partial charge on any atom is -0.398 e. The van der Waals surface area contributed by atoms with Crippen LogP contribution in [-0.4, -0.2) is 160 Å². The second kappa shape index (κ2) is 42.1. The van der Waals surface area contributed by atoms with Crippen molar-refractivity contribution in [1.82, 2.24) is 29.7 Å². The van der Waals surface area contributed by atoms with Crippen LogP contribution < -0.4 is 54.8 Å². The number of Topliss-reactive ketones (excluding diaryl/α,β-unsaturated/α-hetero) is 1. The Kier molecular flexibility index (Phi) is 35.7. The van der Waals surface area contributed by atoms with Crippen molar-refractivity contribution >= 4 is 192 Å². The Bertz CT molecular complexity index is 4820. The quantitative estimate of drug-likeness (QED) is 0.0255. The van der Waals surface area contributed by atoms with E-state index >= 15 is 0 Å². The van der Waals surface area contributed by atoms with Gasteiger partial charge in [-0.05, 0) is 192 Å². The maximum Gasteiger partial charge on any atom is 0.504 e. The van der Waals surface area contributed by atoms with E-state index < -0.39 is 44.4 Å². The Morgan fingerprint density at radius 1 is 0.518 bits per heavy atom. The molecule has 2 saturated carbocycles. The lowest BCUT2D eigenvalue weighted by atomic mass is 10.1. The van der Waals surface area contributed by atoms with Crippen molar-refractivity contribution in [2.75, 3.05) is 129 Å². The predicted molar refractivity (Wildman–Crippen MR) is 468 cm³/mol. The average molecular weight is 1790 g/mol. The molecule has 6 heterocycles. The van der Waals surface area contributed by atoms with Gasteiger partial charge in [-0.1, -0.05) is 100 Å². The van der Waals surface area contributed by atoms with Crippen LogP contribution in [0, 0.1) is 15.4 Å². The largest absolute Gasteiger partial charge is 0.504 e. The smallest absolute Gasteiger partial charge is 0.398 e. The molecule has 3 aromatic heterocycles. The molecule has 1 unspecified atom stereocenters. The van der Waals surface area contributed by atoms with Crippen LogP contribution in [0.3, 0.4) is 0 Å². The Labute approximate surface area is 678 Å². The number of carbonyl (C=O) groups excluding carboxylic acids is 5. The molecule has 3 aliphatic heterocycles. The topological polar surface area (TPSA) is 374 Å². The summed E-state index contributed by atoms with van der Waals surface area (Å²) in [6.07, 6.45) is 4.26. The number of aromatic nitrogens is 3. The summed E-state index contributed by atoms with van der Waals surface area (Å²) in [5.41, 5.74) is 30.6. The molecule has 10 N–H and O–H groups in total. The van der Waals surface area contributed by atoms with Crippen molar-refractivity contribution in [2.45, 2.75) is 58.7 Å². The number of nitrogen functional groups attached to an aromatic ring is 3. The Hall–Kier alpha value is -7.22. The summed E-state index contributed by atoms with van der Waals surface area (Å²) in [5.74, 6) is 0.203. The second-order valence-electron chi connectivity index (χ2n) is 27.6. The van der Waals surface area contributed by atoms with Crippen LogP contribution in [0.2, 0.25) is 15.3 Å². The van der Waals surface area contributed by atoms with Crippen molar-refractivity contribution in [3.63, 3.8) is 0 Å². The number of ketones is 1. The lowest BCUT2D eigenvalue weighted by Crippen LogP contribution is -2.18. The summed E-state index contributed by atoms with van der Waals surface area (Å²) in [6, 6.07) is 42.1. The molecule has 4 amide bonds. The van der Waals surface area contributed by atoms with Crippen LogP contribution in [0.1, 0.15) is 89.3 Å². The fourth-order valence-corrected chi connectivity index (χ4v) is 16.8. The third kappa shape index (κ3) is 29.4. The molecule has 0 saturated heterocycles. The molecule has 1 atom stereocenters. The minimum absolute atomic E-state index is 0. The van der Waals surface area contributed by atoms with E-state index in [-0.39, 0.29) is 50.5 Å². The van der Waals surface area contributed by atoms with E-state index in [1.807, 2.05) is 116 Å². The molecule has 34 heteroatoms. The molecule has 13 rings (SSSR count). The summed E-state index contributed by atoms with van der Waals surface area (Å²) < 4.78 is 73.5. The number of nitrogens with two attached hydrogens (primary N) is 4. The van der Waals surface area contributed by atoms with Gasteiger partial charge in [-0.2, -0.15) is 0 Å². The van der Waals surface area contributed by atoms with Crippen molar-refractivity contribution in [1.29, 1.82) is 0 Å². The van der Waals surface area contributed by atoms with Crippen LogP contribution in [0.5, 0.6) is 0 Å². The Balaban J connectivity index is 0.000000347. The SMILES string of the molecule is CCO[P+](C)=O.CN1Cc2nc(CC(=O)C3CC3)cc(Nc3ccccc3P(C)(C)=O)c2C1=O.CN1Cc2nc(Cl)cc(Cl)c2C1=O.CN1Cc2nc(Cl)cc(Nc3ccccc3P(C)(C)=O)c2C1=O.CP(C)(=O)c1ccccc1N.CP(C)(=O)c1ccccc1N.C[P+](C)=O.NC(=O)C1CC1.Nc1ccccc1I.[HH].[HH]. The summed E-state index contributed by atoms with van der Waals surface area (Å²) in [6.45, 7) is 22.4. The van der Waals surface area contributed by atoms with Gasteiger partial charge in [-0.3, -0.25) is 29.0 Å². The molecule has 2 aliphatic carbocycles. The predicted octanol–water partition coefficient (Wildman–Crippen LogP) is 16.2. The third-order valence-electron chi connectivity index (χ3n) is 16.2. The molecule has 5 aromatic carbocycles. The first-order valence-corrected chi connectivity index (χ1v) is 50.8. The minimum atomic E-state index is -2.51. The van der Waals surface area contributed by atoms with Crippen molar-refractivity contribution < 1.29 is 58.7 Å². The molecule has 0 bridgehead atoms. The lowest BCUT2D eigenvalue weighted by Gasteiger charge is -2.17. The molecule has 594 valence electrons. The molecule has 110 heavy (non-hydrogen) atoms. The number of carbonyl (C=O) groups is 5. The average Bonchev–Trinajstić information content (AvgIpc) is 1.60. The zero-order chi connectivity index (χ0) is 82.5. The first-order valence-electron chi connectivity index (χ1n) is 34.4. The van der Waals surface area contributed by atoms with E-state index in [4.69, 9.17) is 57.7 Å². The van der Waals surface area contributed by atoms with E-state index in [2.05, 4.69) is 52.7 Å². The molecular weight excluding hydrogens is 1690 g/mol. The number of hydrogen-bond acceptors (Lipinski definition) is 20. The van der Waals surface area contributed by atoms with Gasteiger partial charge in [0.25, 0.3) is 17.7 Å². The number of primary amides is 1. The Morgan fingerprint density at radius 2 is 0.855 bits per heavy atom. The lowest BCUT2D eigenvalue weighted by molar-refractivity contribution is -0.120. The van der Waals surface area contributed by atoms with Gasteiger partial charge in [0.05, 0.1) is 82.1 Å². The molecule has 8 aromatic rings. The molecule has 2 fully saturated rings. The van der Waals surface area contributed by atoms with Gasteiger partial charge in [0, 0.05) is 95.5 Å².